The highest BCUT2D eigenvalue weighted by atomic mass is 32.2. The molecule has 3 heteroatoms. The highest BCUT2D eigenvalue weighted by Crippen LogP contribution is 2.20. The van der Waals surface area contributed by atoms with Crippen molar-refractivity contribution in [2.45, 2.75) is 18.7 Å². The fraction of sp³-hybridized carbons (Fsp3) is 0.300. The molecule has 1 rings (SSSR count). The summed E-state index contributed by atoms with van der Waals surface area (Å²) < 4.78 is 12.8. The standard InChI is InChI=1S/C10H11FOS/c1-7-5-9(3-4-10(7)11)13-6-8(2)12/h3-5H,6H2,1-2H3. The van der Waals surface area contributed by atoms with Gasteiger partial charge in [0, 0.05) is 4.90 Å². The predicted octanol–water partition coefficient (Wildman–Crippen LogP) is 2.82. The van der Waals surface area contributed by atoms with E-state index in [4.69, 9.17) is 0 Å². The first kappa shape index (κ1) is 10.3. The summed E-state index contributed by atoms with van der Waals surface area (Å²) in [6.45, 7) is 3.26. The number of benzene rings is 1. The Kier molecular flexibility index (Phi) is 3.48. The molecular formula is C10H11FOS. The van der Waals surface area contributed by atoms with E-state index in [1.807, 2.05) is 0 Å². The van der Waals surface area contributed by atoms with Crippen molar-refractivity contribution in [3.8, 4) is 0 Å². The van der Waals surface area contributed by atoms with Crippen LogP contribution in [0.4, 0.5) is 4.39 Å². The van der Waals surface area contributed by atoms with Gasteiger partial charge in [0.2, 0.25) is 0 Å². The number of Topliss-reactive ketones (excluding diaryl/α,β-unsaturated/α-hetero) is 1. The monoisotopic (exact) mass is 198 g/mol. The number of halogens is 1. The fourth-order valence-corrected chi connectivity index (χ4v) is 1.69. The van der Waals surface area contributed by atoms with Crippen molar-refractivity contribution < 1.29 is 9.18 Å². The lowest BCUT2D eigenvalue weighted by molar-refractivity contribution is -0.114. The van der Waals surface area contributed by atoms with Gasteiger partial charge in [-0.2, -0.15) is 0 Å². The molecule has 0 aliphatic carbocycles. The van der Waals surface area contributed by atoms with Crippen LogP contribution in [0, 0.1) is 12.7 Å². The first-order valence-electron chi connectivity index (χ1n) is 3.98. The second-order valence-electron chi connectivity index (χ2n) is 2.90. The maximum absolute atomic E-state index is 12.8. The van der Waals surface area contributed by atoms with Crippen LogP contribution < -0.4 is 0 Å². The van der Waals surface area contributed by atoms with Crippen molar-refractivity contribution in [2.75, 3.05) is 5.75 Å². The average molecular weight is 198 g/mol. The van der Waals surface area contributed by atoms with Gasteiger partial charge in [-0.25, -0.2) is 4.39 Å². The number of aryl methyl sites for hydroxylation is 1. The third-order valence-electron chi connectivity index (χ3n) is 1.57. The Labute approximate surface area is 81.3 Å². The molecule has 1 aromatic carbocycles. The summed E-state index contributed by atoms with van der Waals surface area (Å²) in [6, 6.07) is 4.87. The Hall–Kier alpha value is -0.830. The number of rotatable bonds is 3. The Morgan fingerprint density at radius 2 is 2.23 bits per heavy atom. The van der Waals surface area contributed by atoms with Crippen LogP contribution in [-0.2, 0) is 4.79 Å². The van der Waals surface area contributed by atoms with Gasteiger partial charge >= 0.3 is 0 Å². The van der Waals surface area contributed by atoms with E-state index in [2.05, 4.69) is 0 Å². The van der Waals surface area contributed by atoms with Crippen LogP contribution in [-0.4, -0.2) is 11.5 Å². The third-order valence-corrected chi connectivity index (χ3v) is 2.71. The molecule has 0 radical (unpaired) electrons. The van der Waals surface area contributed by atoms with Crippen LogP contribution in [0.15, 0.2) is 23.1 Å². The first-order chi connectivity index (χ1) is 6.09. The number of ketones is 1. The molecule has 0 spiro atoms. The lowest BCUT2D eigenvalue weighted by atomic mass is 10.2. The summed E-state index contributed by atoms with van der Waals surface area (Å²) in [5, 5.41) is 0. The molecule has 0 N–H and O–H groups in total. The third kappa shape index (κ3) is 3.19. The normalized spacial score (nSPS) is 10.1. The van der Waals surface area contributed by atoms with Crippen molar-refractivity contribution in [3.63, 3.8) is 0 Å². The minimum atomic E-state index is -0.202. The largest absolute Gasteiger partial charge is 0.299 e. The zero-order valence-electron chi connectivity index (χ0n) is 7.63. The highest BCUT2D eigenvalue weighted by molar-refractivity contribution is 8.00. The minimum Gasteiger partial charge on any atom is -0.299 e. The van der Waals surface area contributed by atoms with E-state index in [0.717, 1.165) is 4.90 Å². The molecule has 1 aromatic rings. The summed E-state index contributed by atoms with van der Waals surface area (Å²) in [4.78, 5) is 11.6. The van der Waals surface area contributed by atoms with Crippen molar-refractivity contribution in [1.82, 2.24) is 0 Å². The zero-order chi connectivity index (χ0) is 9.84. The van der Waals surface area contributed by atoms with Gasteiger partial charge < -0.3 is 0 Å². The van der Waals surface area contributed by atoms with E-state index in [1.54, 1.807) is 26.0 Å². The molecule has 0 atom stereocenters. The number of carbonyl (C=O) groups excluding carboxylic acids is 1. The zero-order valence-corrected chi connectivity index (χ0v) is 8.45. The SMILES string of the molecule is CC(=O)CSc1ccc(F)c(C)c1. The number of thioether (sulfide) groups is 1. The number of hydrogen-bond donors (Lipinski definition) is 0. The van der Waals surface area contributed by atoms with Gasteiger partial charge in [0.05, 0.1) is 5.75 Å². The molecule has 0 amide bonds. The van der Waals surface area contributed by atoms with Crippen LogP contribution in [0.5, 0.6) is 0 Å². The molecule has 0 aromatic heterocycles. The second kappa shape index (κ2) is 4.42. The summed E-state index contributed by atoms with van der Waals surface area (Å²) in [5.74, 6) is 0.379. The minimum absolute atomic E-state index is 0.131. The molecule has 0 bridgehead atoms. The molecule has 0 saturated heterocycles. The first-order valence-corrected chi connectivity index (χ1v) is 4.96. The van der Waals surface area contributed by atoms with Crippen LogP contribution in [0.25, 0.3) is 0 Å². The topological polar surface area (TPSA) is 17.1 Å². The molecule has 0 heterocycles. The molecule has 1 nitrogen and oxygen atoms in total. The predicted molar refractivity (Wildman–Crippen MR) is 52.5 cm³/mol. The van der Waals surface area contributed by atoms with Gasteiger partial charge in [0.25, 0.3) is 0 Å². The summed E-state index contributed by atoms with van der Waals surface area (Å²) in [7, 11) is 0. The highest BCUT2D eigenvalue weighted by Gasteiger charge is 2.00. The summed E-state index contributed by atoms with van der Waals surface area (Å²) in [6.07, 6.45) is 0. The van der Waals surface area contributed by atoms with E-state index in [0.29, 0.717) is 11.3 Å². The van der Waals surface area contributed by atoms with Gasteiger partial charge in [0.15, 0.2) is 0 Å². The molecule has 70 valence electrons. The van der Waals surface area contributed by atoms with Gasteiger partial charge in [-0.15, -0.1) is 11.8 Å². The van der Waals surface area contributed by atoms with Crippen LogP contribution >= 0.6 is 11.8 Å². The molecular weight excluding hydrogens is 187 g/mol. The van der Waals surface area contributed by atoms with Crippen LogP contribution in [0.2, 0.25) is 0 Å². The second-order valence-corrected chi connectivity index (χ2v) is 3.95. The Bertz CT molecular complexity index is 323. The lowest BCUT2D eigenvalue weighted by Crippen LogP contribution is -1.93. The van der Waals surface area contributed by atoms with Crippen molar-refractivity contribution in [1.29, 1.82) is 0 Å². The molecule has 13 heavy (non-hydrogen) atoms. The van der Waals surface area contributed by atoms with Gasteiger partial charge in [0.1, 0.15) is 11.6 Å². The molecule has 0 aliphatic rings. The lowest BCUT2D eigenvalue weighted by Gasteiger charge is -2.01. The van der Waals surface area contributed by atoms with E-state index >= 15 is 0 Å². The summed E-state index contributed by atoms with van der Waals surface area (Å²) in [5.41, 5.74) is 0.619. The van der Waals surface area contributed by atoms with Crippen molar-refractivity contribution >= 4 is 17.5 Å². The summed E-state index contributed by atoms with van der Waals surface area (Å²) >= 11 is 1.44. The van der Waals surface area contributed by atoms with E-state index < -0.39 is 0 Å². The molecule has 0 saturated carbocycles. The maximum atomic E-state index is 12.8. The van der Waals surface area contributed by atoms with Gasteiger partial charge in [-0.3, -0.25) is 4.79 Å². The van der Waals surface area contributed by atoms with Gasteiger partial charge in [-0.05, 0) is 37.6 Å². The Balaban J connectivity index is 2.68. The van der Waals surface area contributed by atoms with E-state index in [1.165, 1.54) is 17.8 Å². The van der Waals surface area contributed by atoms with E-state index in [9.17, 15) is 9.18 Å². The average Bonchev–Trinajstić information content (AvgIpc) is 2.07. The Morgan fingerprint density at radius 3 is 2.77 bits per heavy atom. The van der Waals surface area contributed by atoms with Crippen molar-refractivity contribution in [3.05, 3.63) is 29.6 Å². The smallest absolute Gasteiger partial charge is 0.140 e. The van der Waals surface area contributed by atoms with Crippen molar-refractivity contribution in [2.24, 2.45) is 0 Å². The fourth-order valence-electron chi connectivity index (χ4n) is 0.892. The Morgan fingerprint density at radius 1 is 1.54 bits per heavy atom. The number of hydrogen-bond acceptors (Lipinski definition) is 2. The van der Waals surface area contributed by atoms with Crippen LogP contribution in [0.3, 0.4) is 0 Å². The molecule has 0 fully saturated rings. The molecule has 0 unspecified atom stereocenters. The quantitative estimate of drug-likeness (QED) is 0.695. The van der Waals surface area contributed by atoms with E-state index in [-0.39, 0.29) is 11.6 Å². The van der Waals surface area contributed by atoms with Gasteiger partial charge in [-0.1, -0.05) is 0 Å². The van der Waals surface area contributed by atoms with Crippen LogP contribution in [0.1, 0.15) is 12.5 Å². The molecule has 0 aliphatic heterocycles. The number of carbonyl (C=O) groups is 1. The maximum Gasteiger partial charge on any atom is 0.140 e.